The van der Waals surface area contributed by atoms with E-state index in [1.165, 1.54) is 0 Å². The highest BCUT2D eigenvalue weighted by Crippen LogP contribution is 2.27. The van der Waals surface area contributed by atoms with Crippen molar-refractivity contribution in [2.75, 3.05) is 11.1 Å². The van der Waals surface area contributed by atoms with E-state index in [4.69, 9.17) is 15.4 Å². The molecule has 0 unspecified atom stereocenters. The average molecular weight is 266 g/mol. The van der Waals surface area contributed by atoms with Gasteiger partial charge in [0.05, 0.1) is 28.5 Å². The van der Waals surface area contributed by atoms with Gasteiger partial charge in [0.15, 0.2) is 5.58 Å². The first-order valence-corrected chi connectivity index (χ1v) is 5.85. The fraction of sp³-hybridized carbons (Fsp3) is 0. The van der Waals surface area contributed by atoms with Crippen LogP contribution >= 0.6 is 0 Å². The van der Waals surface area contributed by atoms with Crippen LogP contribution in [0.3, 0.4) is 0 Å². The zero-order valence-corrected chi connectivity index (χ0v) is 10.3. The minimum atomic E-state index is -0.519. The van der Waals surface area contributed by atoms with Crippen molar-refractivity contribution in [3.63, 3.8) is 0 Å². The third-order valence-electron chi connectivity index (χ3n) is 2.88. The summed E-state index contributed by atoms with van der Waals surface area (Å²) in [5.74, 6) is -0.519. The molecule has 0 saturated heterocycles. The number of nitrogens with one attached hydrogen (secondary N) is 2. The molecule has 2 aromatic carbocycles. The summed E-state index contributed by atoms with van der Waals surface area (Å²) in [4.78, 5) is 13.7. The third kappa shape index (κ3) is 2.08. The quantitative estimate of drug-likeness (QED) is 0.617. The first kappa shape index (κ1) is 11.9. The molecule has 0 aliphatic rings. The Labute approximate surface area is 113 Å². The summed E-state index contributed by atoms with van der Waals surface area (Å²) in [7, 11) is 0. The number of nitrogens with two attached hydrogens (primary N) is 1. The topological polar surface area (TPSA) is 108 Å². The summed E-state index contributed by atoms with van der Waals surface area (Å²) >= 11 is 0. The summed E-state index contributed by atoms with van der Waals surface area (Å²) in [5, 5.41) is 11.9. The number of nitriles is 1. The van der Waals surface area contributed by atoms with Crippen LogP contribution in [-0.2, 0) is 0 Å². The summed E-state index contributed by atoms with van der Waals surface area (Å²) in [5.41, 5.74) is 9.38. The van der Waals surface area contributed by atoms with Gasteiger partial charge in [-0.25, -0.2) is 4.79 Å². The molecule has 0 amide bonds. The van der Waals surface area contributed by atoms with Gasteiger partial charge in [-0.15, -0.1) is 0 Å². The number of nitrogen functional groups attached to an aromatic ring is 1. The molecule has 3 aromatic rings. The van der Waals surface area contributed by atoms with Gasteiger partial charge in [0.1, 0.15) is 0 Å². The van der Waals surface area contributed by atoms with Crippen molar-refractivity contribution >= 4 is 28.2 Å². The number of anilines is 3. The fourth-order valence-corrected chi connectivity index (χ4v) is 1.90. The maximum Gasteiger partial charge on any atom is 0.417 e. The Bertz CT molecular complexity index is 869. The first-order chi connectivity index (χ1) is 9.65. The number of hydrogen-bond acceptors (Lipinski definition) is 5. The van der Waals surface area contributed by atoms with E-state index >= 15 is 0 Å². The van der Waals surface area contributed by atoms with E-state index in [1.54, 1.807) is 36.4 Å². The van der Waals surface area contributed by atoms with Crippen LogP contribution in [0, 0.1) is 11.3 Å². The number of rotatable bonds is 2. The Morgan fingerprint density at radius 3 is 2.70 bits per heavy atom. The van der Waals surface area contributed by atoms with Crippen LogP contribution in [0.4, 0.5) is 17.1 Å². The maximum absolute atomic E-state index is 11.1. The predicted molar refractivity (Wildman–Crippen MR) is 75.7 cm³/mol. The molecule has 0 fully saturated rings. The molecule has 0 aliphatic heterocycles. The maximum atomic E-state index is 11.1. The zero-order chi connectivity index (χ0) is 14.1. The highest BCUT2D eigenvalue weighted by molar-refractivity contribution is 5.87. The van der Waals surface area contributed by atoms with E-state index in [0.29, 0.717) is 28.0 Å². The second-order valence-corrected chi connectivity index (χ2v) is 4.26. The lowest BCUT2D eigenvalue weighted by atomic mass is 10.2. The van der Waals surface area contributed by atoms with Crippen LogP contribution < -0.4 is 16.8 Å². The van der Waals surface area contributed by atoms with E-state index in [1.807, 2.05) is 0 Å². The van der Waals surface area contributed by atoms with Crippen LogP contribution in [0.25, 0.3) is 11.1 Å². The minimum Gasteiger partial charge on any atom is -0.408 e. The SMILES string of the molecule is N#Cc1ccc(Nc2cc3[nH]c(=O)oc3cc2N)cc1. The van der Waals surface area contributed by atoms with Gasteiger partial charge in [0, 0.05) is 11.8 Å². The Morgan fingerprint density at radius 2 is 2.00 bits per heavy atom. The molecular formula is C14H10N4O2. The van der Waals surface area contributed by atoms with Crippen molar-refractivity contribution in [2.45, 2.75) is 0 Å². The standard InChI is InChI=1S/C14H10N4O2/c15-7-8-1-3-9(4-2-8)17-11-6-12-13(5-10(11)16)20-14(19)18-12/h1-6,17H,16H2,(H,18,19). The lowest BCUT2D eigenvalue weighted by Gasteiger charge is -2.09. The van der Waals surface area contributed by atoms with Gasteiger partial charge in [0.2, 0.25) is 0 Å². The van der Waals surface area contributed by atoms with E-state index < -0.39 is 5.76 Å². The molecular weight excluding hydrogens is 256 g/mol. The Morgan fingerprint density at radius 1 is 1.25 bits per heavy atom. The average Bonchev–Trinajstić information content (AvgIpc) is 2.79. The molecule has 3 rings (SSSR count). The van der Waals surface area contributed by atoms with Gasteiger partial charge in [-0.1, -0.05) is 0 Å². The van der Waals surface area contributed by atoms with Gasteiger partial charge >= 0.3 is 5.76 Å². The Kier molecular flexibility index (Phi) is 2.66. The molecule has 0 radical (unpaired) electrons. The number of nitrogens with zero attached hydrogens (tertiary/aromatic N) is 1. The molecule has 6 nitrogen and oxygen atoms in total. The van der Waals surface area contributed by atoms with Crippen molar-refractivity contribution in [2.24, 2.45) is 0 Å². The van der Waals surface area contributed by atoms with Gasteiger partial charge in [0.25, 0.3) is 0 Å². The van der Waals surface area contributed by atoms with Gasteiger partial charge in [-0.3, -0.25) is 4.98 Å². The molecule has 1 aromatic heterocycles. The number of oxazole rings is 1. The van der Waals surface area contributed by atoms with Crippen molar-refractivity contribution in [3.8, 4) is 6.07 Å². The molecule has 98 valence electrons. The number of H-pyrrole nitrogens is 1. The summed E-state index contributed by atoms with van der Waals surface area (Å²) in [6.07, 6.45) is 0. The Hall–Kier alpha value is -3.20. The molecule has 0 spiro atoms. The summed E-state index contributed by atoms with van der Waals surface area (Å²) < 4.78 is 4.93. The van der Waals surface area contributed by atoms with Crippen LogP contribution in [0.5, 0.6) is 0 Å². The summed E-state index contributed by atoms with van der Waals surface area (Å²) in [6.45, 7) is 0. The highest BCUT2D eigenvalue weighted by atomic mass is 16.4. The number of aromatic amines is 1. The number of aromatic nitrogens is 1. The van der Waals surface area contributed by atoms with E-state index in [2.05, 4.69) is 16.4 Å². The van der Waals surface area contributed by atoms with Crippen LogP contribution in [0.2, 0.25) is 0 Å². The van der Waals surface area contributed by atoms with Gasteiger partial charge < -0.3 is 15.5 Å². The predicted octanol–water partition coefficient (Wildman–Crippen LogP) is 2.32. The third-order valence-corrected chi connectivity index (χ3v) is 2.88. The minimum absolute atomic E-state index is 0.415. The molecule has 0 atom stereocenters. The van der Waals surface area contributed by atoms with Crippen molar-refractivity contribution in [3.05, 3.63) is 52.5 Å². The second-order valence-electron chi connectivity index (χ2n) is 4.26. The number of hydrogen-bond donors (Lipinski definition) is 3. The van der Waals surface area contributed by atoms with Gasteiger partial charge in [-0.2, -0.15) is 5.26 Å². The summed E-state index contributed by atoms with van der Waals surface area (Å²) in [6, 6.07) is 12.3. The number of benzene rings is 2. The molecule has 0 saturated carbocycles. The van der Waals surface area contributed by atoms with Crippen molar-refractivity contribution in [1.29, 1.82) is 5.26 Å². The second kappa shape index (κ2) is 4.48. The van der Waals surface area contributed by atoms with Crippen molar-refractivity contribution < 1.29 is 4.42 Å². The molecule has 20 heavy (non-hydrogen) atoms. The monoisotopic (exact) mass is 266 g/mol. The molecule has 0 bridgehead atoms. The lowest BCUT2D eigenvalue weighted by molar-refractivity contribution is 0.555. The fourth-order valence-electron chi connectivity index (χ4n) is 1.90. The lowest BCUT2D eigenvalue weighted by Crippen LogP contribution is -1.96. The van der Waals surface area contributed by atoms with E-state index in [0.717, 1.165) is 5.69 Å². The van der Waals surface area contributed by atoms with Crippen LogP contribution in [0.15, 0.2) is 45.6 Å². The van der Waals surface area contributed by atoms with E-state index in [-0.39, 0.29) is 0 Å². The molecule has 0 aliphatic carbocycles. The smallest absolute Gasteiger partial charge is 0.408 e. The zero-order valence-electron chi connectivity index (χ0n) is 10.3. The van der Waals surface area contributed by atoms with Crippen LogP contribution in [0.1, 0.15) is 5.56 Å². The highest BCUT2D eigenvalue weighted by Gasteiger charge is 2.07. The van der Waals surface area contributed by atoms with Crippen molar-refractivity contribution in [1.82, 2.24) is 4.98 Å². The number of fused-ring (bicyclic) bond motifs is 1. The largest absolute Gasteiger partial charge is 0.417 e. The first-order valence-electron chi connectivity index (χ1n) is 5.85. The molecule has 4 N–H and O–H groups in total. The normalized spacial score (nSPS) is 10.3. The van der Waals surface area contributed by atoms with Crippen LogP contribution in [-0.4, -0.2) is 4.98 Å². The van der Waals surface area contributed by atoms with E-state index in [9.17, 15) is 4.79 Å². The molecule has 6 heteroatoms. The molecule has 1 heterocycles. The Balaban J connectivity index is 1.98. The van der Waals surface area contributed by atoms with Gasteiger partial charge in [-0.05, 0) is 30.3 Å².